The van der Waals surface area contributed by atoms with Crippen LogP contribution in [-0.4, -0.2) is 59.1 Å². The molecule has 250 valence electrons. The normalized spacial score (nSPS) is 17.6. The molecule has 2 atom stereocenters. The zero-order valence-corrected chi connectivity index (χ0v) is 25.2. The van der Waals surface area contributed by atoms with Crippen molar-refractivity contribution in [1.29, 1.82) is 0 Å². The van der Waals surface area contributed by atoms with Crippen molar-refractivity contribution in [3.05, 3.63) is 105 Å². The number of carbonyl (C=O) groups excluding carboxylic acids is 1. The van der Waals surface area contributed by atoms with Crippen LogP contribution < -0.4 is 0 Å². The number of carbonyl (C=O) groups is 2. The van der Waals surface area contributed by atoms with Gasteiger partial charge in [0, 0.05) is 44.2 Å². The van der Waals surface area contributed by atoms with Gasteiger partial charge in [0.05, 0.1) is 21.2 Å². The molecule has 0 saturated carbocycles. The average molecular weight is 703 g/mol. The summed E-state index contributed by atoms with van der Waals surface area (Å²) >= 11 is 12.4. The smallest absolute Gasteiger partial charge is 0.475 e. The van der Waals surface area contributed by atoms with Gasteiger partial charge in [-0.15, -0.1) is 0 Å². The molecule has 0 aliphatic carbocycles. The molecule has 46 heavy (non-hydrogen) atoms. The Morgan fingerprint density at radius 1 is 0.848 bits per heavy atom. The van der Waals surface area contributed by atoms with E-state index < -0.39 is 53.1 Å². The molecule has 1 saturated heterocycles. The maximum absolute atomic E-state index is 13.4. The van der Waals surface area contributed by atoms with Crippen molar-refractivity contribution >= 4 is 35.1 Å². The fourth-order valence-electron chi connectivity index (χ4n) is 4.96. The predicted octanol–water partition coefficient (Wildman–Crippen LogP) is 8.79. The molecule has 3 aromatic carbocycles. The van der Waals surface area contributed by atoms with Gasteiger partial charge in [-0.05, 0) is 47.9 Å². The van der Waals surface area contributed by atoms with Gasteiger partial charge in [0.2, 0.25) is 0 Å². The Kier molecular flexibility index (Phi) is 11.7. The molecular formula is C30H25Cl2F9N2O3. The lowest BCUT2D eigenvalue weighted by Gasteiger charge is -2.43. The minimum absolute atomic E-state index is 0.0113. The first-order valence-electron chi connectivity index (χ1n) is 13.3. The fraction of sp³-hybridized carbons (Fsp3) is 0.333. The van der Waals surface area contributed by atoms with Gasteiger partial charge >= 0.3 is 24.5 Å². The zero-order valence-electron chi connectivity index (χ0n) is 23.6. The fourth-order valence-corrected chi connectivity index (χ4v) is 5.27. The number of carboxylic acids is 1. The highest BCUT2D eigenvalue weighted by Gasteiger charge is 2.40. The molecule has 3 aromatic rings. The summed E-state index contributed by atoms with van der Waals surface area (Å²) in [5.41, 5.74) is -1.91. The first kappa shape index (κ1) is 37.0. The van der Waals surface area contributed by atoms with Gasteiger partial charge in [0.1, 0.15) is 0 Å². The van der Waals surface area contributed by atoms with E-state index in [2.05, 4.69) is 4.90 Å². The van der Waals surface area contributed by atoms with Gasteiger partial charge in [-0.1, -0.05) is 59.6 Å². The van der Waals surface area contributed by atoms with Crippen LogP contribution in [0.15, 0.2) is 66.7 Å². The summed E-state index contributed by atoms with van der Waals surface area (Å²) < 4.78 is 112. The third kappa shape index (κ3) is 9.76. The van der Waals surface area contributed by atoms with Crippen molar-refractivity contribution < 1.29 is 54.2 Å². The standard InChI is InChI=1S/C28H24Cl2F6N2O.C2HF3O2/c1-37(26(39)19-11-20(27(31,32)33)14-21(12-19)28(34,35)36)25-9-10-38(15-17-5-3-2-4-6-17)16-22(25)18-7-8-23(29)24(30)13-18;3-2(4,5)1(6)7/h2-8,11-14,22,25H,9-10,15-16H2,1H3;(H,6,7)/t22-,25+;/m0./s1. The summed E-state index contributed by atoms with van der Waals surface area (Å²) in [5, 5.41) is 7.76. The van der Waals surface area contributed by atoms with E-state index in [9.17, 15) is 44.3 Å². The first-order valence-corrected chi connectivity index (χ1v) is 14.0. The van der Waals surface area contributed by atoms with Gasteiger partial charge in [-0.2, -0.15) is 39.5 Å². The van der Waals surface area contributed by atoms with Crippen molar-refractivity contribution in [2.24, 2.45) is 0 Å². The molecule has 0 aromatic heterocycles. The quantitative estimate of drug-likeness (QED) is 0.270. The van der Waals surface area contributed by atoms with Crippen molar-refractivity contribution in [2.45, 2.75) is 43.5 Å². The molecule has 0 spiro atoms. The van der Waals surface area contributed by atoms with Gasteiger partial charge in [-0.25, -0.2) is 4.79 Å². The maximum atomic E-state index is 13.4. The van der Waals surface area contributed by atoms with Crippen LogP contribution in [0, 0.1) is 0 Å². The highest BCUT2D eigenvalue weighted by molar-refractivity contribution is 6.42. The predicted molar refractivity (Wildman–Crippen MR) is 152 cm³/mol. The van der Waals surface area contributed by atoms with Crippen LogP contribution in [0.2, 0.25) is 10.0 Å². The minimum Gasteiger partial charge on any atom is -0.475 e. The SMILES string of the molecule is CN(C(=O)c1cc(C(F)(F)F)cc(C(F)(F)F)c1)[C@@H]1CCN(Cc2ccccc2)C[C@H]1c1ccc(Cl)c(Cl)c1.O=C(O)C(F)(F)F. The lowest BCUT2D eigenvalue weighted by Crippen LogP contribution is -2.50. The third-order valence-electron chi connectivity index (χ3n) is 7.18. The maximum Gasteiger partial charge on any atom is 0.490 e. The van der Waals surface area contributed by atoms with Crippen LogP contribution in [-0.2, 0) is 23.7 Å². The lowest BCUT2D eigenvalue weighted by atomic mass is 9.84. The zero-order chi connectivity index (χ0) is 34.6. The Labute approximate surface area is 267 Å². The Balaban J connectivity index is 0.000000738. The molecule has 1 heterocycles. The molecule has 4 rings (SSSR count). The number of hydrogen-bond donors (Lipinski definition) is 1. The van der Waals surface area contributed by atoms with Crippen LogP contribution in [0.1, 0.15) is 45.0 Å². The lowest BCUT2D eigenvalue weighted by molar-refractivity contribution is -0.192. The minimum atomic E-state index is -5.08. The molecule has 1 amide bonds. The number of piperidine rings is 1. The van der Waals surface area contributed by atoms with Crippen molar-refractivity contribution in [3.63, 3.8) is 0 Å². The molecular weight excluding hydrogens is 678 g/mol. The second-order valence-electron chi connectivity index (χ2n) is 10.4. The second kappa shape index (κ2) is 14.5. The number of halogens is 11. The monoisotopic (exact) mass is 702 g/mol. The number of aliphatic carboxylic acids is 1. The molecule has 1 aliphatic rings. The number of benzene rings is 3. The van der Waals surface area contributed by atoms with Crippen LogP contribution in [0.5, 0.6) is 0 Å². The molecule has 1 N–H and O–H groups in total. The Morgan fingerprint density at radius 2 is 1.39 bits per heavy atom. The molecule has 1 fully saturated rings. The largest absolute Gasteiger partial charge is 0.490 e. The van der Waals surface area contributed by atoms with E-state index in [1.54, 1.807) is 18.2 Å². The van der Waals surface area contributed by atoms with E-state index in [1.165, 1.54) is 11.9 Å². The van der Waals surface area contributed by atoms with Gasteiger partial charge in [0.15, 0.2) is 0 Å². The Bertz CT molecular complexity index is 1500. The van der Waals surface area contributed by atoms with E-state index in [4.69, 9.17) is 33.1 Å². The third-order valence-corrected chi connectivity index (χ3v) is 7.92. The number of carboxylic acid groups (broad SMARTS) is 1. The Morgan fingerprint density at radius 3 is 1.87 bits per heavy atom. The first-order chi connectivity index (χ1) is 21.2. The van der Waals surface area contributed by atoms with Gasteiger partial charge in [0.25, 0.3) is 5.91 Å². The van der Waals surface area contributed by atoms with E-state index in [-0.39, 0.29) is 12.0 Å². The average Bonchev–Trinajstić information content (AvgIpc) is 2.97. The highest BCUT2D eigenvalue weighted by Crippen LogP contribution is 2.38. The second-order valence-corrected chi connectivity index (χ2v) is 11.2. The summed E-state index contributed by atoms with van der Waals surface area (Å²) in [6, 6.07) is 15.2. The number of likely N-dealkylation sites (N-methyl/N-ethyl adjacent to an activating group) is 1. The van der Waals surface area contributed by atoms with Crippen LogP contribution in [0.3, 0.4) is 0 Å². The summed E-state index contributed by atoms with van der Waals surface area (Å²) in [6.45, 7) is 1.67. The number of nitrogens with zero attached hydrogens (tertiary/aromatic N) is 2. The van der Waals surface area contributed by atoms with E-state index in [1.807, 2.05) is 30.3 Å². The molecule has 0 bridgehead atoms. The summed E-state index contributed by atoms with van der Waals surface area (Å²) in [4.78, 5) is 25.7. The molecule has 16 heteroatoms. The van der Waals surface area contributed by atoms with Crippen LogP contribution in [0.25, 0.3) is 0 Å². The van der Waals surface area contributed by atoms with E-state index >= 15 is 0 Å². The van der Waals surface area contributed by atoms with Crippen molar-refractivity contribution in [3.8, 4) is 0 Å². The summed E-state index contributed by atoms with van der Waals surface area (Å²) in [6.07, 6.45) is -14.8. The van der Waals surface area contributed by atoms with Crippen LogP contribution >= 0.6 is 23.2 Å². The van der Waals surface area contributed by atoms with Gasteiger partial charge in [-0.3, -0.25) is 9.69 Å². The van der Waals surface area contributed by atoms with Crippen LogP contribution in [0.4, 0.5) is 39.5 Å². The number of alkyl halides is 9. The number of likely N-dealkylation sites (tertiary alicyclic amines) is 1. The highest BCUT2D eigenvalue weighted by atomic mass is 35.5. The van der Waals surface area contributed by atoms with E-state index in [0.29, 0.717) is 48.2 Å². The number of rotatable bonds is 5. The molecule has 1 aliphatic heterocycles. The van der Waals surface area contributed by atoms with Gasteiger partial charge < -0.3 is 10.0 Å². The Hall–Kier alpha value is -3.49. The molecule has 5 nitrogen and oxygen atoms in total. The summed E-state index contributed by atoms with van der Waals surface area (Å²) in [5.74, 6) is -4.02. The molecule has 0 unspecified atom stereocenters. The molecule has 0 radical (unpaired) electrons. The van der Waals surface area contributed by atoms with E-state index in [0.717, 1.165) is 11.1 Å². The number of hydrogen-bond acceptors (Lipinski definition) is 3. The van der Waals surface area contributed by atoms with Crippen molar-refractivity contribution in [2.75, 3.05) is 20.1 Å². The number of amides is 1. The summed E-state index contributed by atoms with van der Waals surface area (Å²) in [7, 11) is 1.40. The topological polar surface area (TPSA) is 60.9 Å². The van der Waals surface area contributed by atoms with Crippen molar-refractivity contribution in [1.82, 2.24) is 9.80 Å².